The Morgan fingerprint density at radius 1 is 1.42 bits per heavy atom. The molecule has 0 atom stereocenters. The van der Waals surface area contributed by atoms with Crippen LogP contribution in [-0.2, 0) is 15.9 Å². The van der Waals surface area contributed by atoms with E-state index >= 15 is 0 Å². The fraction of sp³-hybridized carbons (Fsp3) is 0.857. The first-order valence-corrected chi connectivity index (χ1v) is 7.15. The van der Waals surface area contributed by atoms with Gasteiger partial charge in [-0.1, -0.05) is 12.1 Å². The SMILES string of the molecule is CCOC(C)(C)c1noc(C2(N)CCC(C)CC2)n1. The summed E-state index contributed by atoms with van der Waals surface area (Å²) in [4.78, 5) is 4.49. The fourth-order valence-electron chi connectivity index (χ4n) is 2.59. The van der Waals surface area contributed by atoms with Crippen molar-refractivity contribution in [2.24, 2.45) is 11.7 Å². The lowest BCUT2D eigenvalue weighted by molar-refractivity contribution is -0.0221. The highest BCUT2D eigenvalue weighted by Gasteiger charge is 2.38. The van der Waals surface area contributed by atoms with Crippen molar-refractivity contribution in [1.82, 2.24) is 10.1 Å². The van der Waals surface area contributed by atoms with E-state index in [1.165, 1.54) is 0 Å². The molecule has 108 valence electrons. The summed E-state index contributed by atoms with van der Waals surface area (Å²) in [5.41, 5.74) is 5.44. The third-order valence-electron chi connectivity index (χ3n) is 4.06. The van der Waals surface area contributed by atoms with Crippen molar-refractivity contribution in [2.45, 2.75) is 64.5 Å². The van der Waals surface area contributed by atoms with Crippen LogP contribution in [0.1, 0.15) is 65.1 Å². The lowest BCUT2D eigenvalue weighted by Gasteiger charge is -2.32. The fourth-order valence-corrected chi connectivity index (χ4v) is 2.59. The van der Waals surface area contributed by atoms with Crippen molar-refractivity contribution < 1.29 is 9.26 Å². The lowest BCUT2D eigenvalue weighted by Crippen LogP contribution is -2.40. The first kappa shape index (κ1) is 14.5. The van der Waals surface area contributed by atoms with E-state index in [4.69, 9.17) is 15.0 Å². The normalized spacial score (nSPS) is 28.6. The Kier molecular flexibility index (Phi) is 3.97. The van der Waals surface area contributed by atoms with Crippen molar-refractivity contribution in [1.29, 1.82) is 0 Å². The van der Waals surface area contributed by atoms with Gasteiger partial charge in [-0.2, -0.15) is 4.98 Å². The van der Waals surface area contributed by atoms with Crippen LogP contribution in [0.25, 0.3) is 0 Å². The van der Waals surface area contributed by atoms with Gasteiger partial charge in [0.05, 0.1) is 5.54 Å². The molecule has 1 aromatic heterocycles. The summed E-state index contributed by atoms with van der Waals surface area (Å²) in [6.45, 7) is 8.71. The van der Waals surface area contributed by atoms with Gasteiger partial charge in [0.2, 0.25) is 11.7 Å². The molecule has 0 spiro atoms. The van der Waals surface area contributed by atoms with Crippen molar-refractivity contribution in [3.05, 3.63) is 11.7 Å². The van der Waals surface area contributed by atoms with Crippen molar-refractivity contribution >= 4 is 0 Å². The summed E-state index contributed by atoms with van der Waals surface area (Å²) < 4.78 is 11.0. The first-order valence-electron chi connectivity index (χ1n) is 7.15. The van der Waals surface area contributed by atoms with Gasteiger partial charge < -0.3 is 15.0 Å². The molecule has 0 amide bonds. The second-order valence-electron chi connectivity index (χ2n) is 6.21. The van der Waals surface area contributed by atoms with E-state index < -0.39 is 11.1 Å². The molecule has 1 aliphatic rings. The molecule has 1 fully saturated rings. The quantitative estimate of drug-likeness (QED) is 0.907. The molecule has 5 nitrogen and oxygen atoms in total. The third kappa shape index (κ3) is 2.98. The minimum atomic E-state index is -0.533. The van der Waals surface area contributed by atoms with E-state index in [1.807, 2.05) is 20.8 Å². The Hall–Kier alpha value is -0.940. The minimum absolute atomic E-state index is 0.458. The highest BCUT2D eigenvalue weighted by Crippen LogP contribution is 2.37. The number of nitrogens with zero attached hydrogens (tertiary/aromatic N) is 2. The Bertz CT molecular complexity index is 420. The summed E-state index contributed by atoms with van der Waals surface area (Å²) >= 11 is 0. The van der Waals surface area contributed by atoms with Crippen LogP contribution in [0.4, 0.5) is 0 Å². The standard InChI is InChI=1S/C14H25N3O2/c1-5-18-13(3,4)11-16-12(19-17-11)14(15)8-6-10(2)7-9-14/h10H,5-9,15H2,1-4H3. The van der Waals surface area contributed by atoms with Gasteiger partial charge in [0.1, 0.15) is 5.60 Å². The molecule has 2 N–H and O–H groups in total. The summed E-state index contributed by atoms with van der Waals surface area (Å²) in [7, 11) is 0. The highest BCUT2D eigenvalue weighted by atomic mass is 16.5. The summed E-state index contributed by atoms with van der Waals surface area (Å²) in [5, 5.41) is 4.05. The van der Waals surface area contributed by atoms with Gasteiger partial charge in [-0.05, 0) is 52.4 Å². The van der Waals surface area contributed by atoms with Crippen molar-refractivity contribution in [2.75, 3.05) is 6.61 Å². The van der Waals surface area contributed by atoms with Crippen LogP contribution >= 0.6 is 0 Å². The predicted molar refractivity (Wildman–Crippen MR) is 72.4 cm³/mol. The average molecular weight is 267 g/mol. The second-order valence-corrected chi connectivity index (χ2v) is 6.21. The van der Waals surface area contributed by atoms with Crippen LogP contribution in [0.5, 0.6) is 0 Å². The zero-order chi connectivity index (χ0) is 14.1. The number of aromatic nitrogens is 2. The van der Waals surface area contributed by atoms with Gasteiger partial charge in [-0.3, -0.25) is 0 Å². The highest BCUT2D eigenvalue weighted by molar-refractivity contribution is 5.07. The first-order chi connectivity index (χ1) is 8.87. The topological polar surface area (TPSA) is 74.2 Å². The van der Waals surface area contributed by atoms with Crippen LogP contribution in [0, 0.1) is 5.92 Å². The molecule has 1 aliphatic carbocycles. The maximum atomic E-state index is 6.44. The zero-order valence-electron chi connectivity index (χ0n) is 12.4. The molecular formula is C14H25N3O2. The van der Waals surface area contributed by atoms with E-state index in [0.717, 1.165) is 31.6 Å². The van der Waals surface area contributed by atoms with Gasteiger partial charge in [0.25, 0.3) is 0 Å². The molecule has 0 unspecified atom stereocenters. The van der Waals surface area contributed by atoms with Gasteiger partial charge in [-0.15, -0.1) is 0 Å². The maximum Gasteiger partial charge on any atom is 0.246 e. The molecule has 0 aromatic carbocycles. The Labute approximate surface area is 114 Å². The summed E-state index contributed by atoms with van der Waals surface area (Å²) in [6.07, 6.45) is 4.04. The maximum absolute atomic E-state index is 6.44. The van der Waals surface area contributed by atoms with Crippen molar-refractivity contribution in [3.8, 4) is 0 Å². The summed E-state index contributed by atoms with van der Waals surface area (Å²) in [5.74, 6) is 1.87. The van der Waals surface area contributed by atoms with E-state index in [-0.39, 0.29) is 0 Å². The van der Waals surface area contributed by atoms with E-state index in [1.54, 1.807) is 0 Å². The predicted octanol–water partition coefficient (Wildman–Crippen LogP) is 2.71. The largest absolute Gasteiger partial charge is 0.368 e. The number of hydrogen-bond acceptors (Lipinski definition) is 5. The molecule has 1 saturated carbocycles. The molecule has 0 radical (unpaired) electrons. The van der Waals surface area contributed by atoms with Crippen LogP contribution in [0.15, 0.2) is 4.52 Å². The molecule has 0 saturated heterocycles. The van der Waals surface area contributed by atoms with Crippen LogP contribution in [0.3, 0.4) is 0 Å². The molecule has 0 aliphatic heterocycles. The smallest absolute Gasteiger partial charge is 0.246 e. The number of hydrogen-bond donors (Lipinski definition) is 1. The van der Waals surface area contributed by atoms with E-state index in [9.17, 15) is 0 Å². The molecule has 1 heterocycles. The Balaban J connectivity index is 2.17. The van der Waals surface area contributed by atoms with Crippen molar-refractivity contribution in [3.63, 3.8) is 0 Å². The molecule has 2 rings (SSSR count). The molecular weight excluding hydrogens is 242 g/mol. The molecule has 5 heteroatoms. The van der Waals surface area contributed by atoms with E-state index in [2.05, 4.69) is 17.1 Å². The molecule has 19 heavy (non-hydrogen) atoms. The van der Waals surface area contributed by atoms with Gasteiger partial charge in [0, 0.05) is 6.61 Å². The monoisotopic (exact) mass is 267 g/mol. The second kappa shape index (κ2) is 5.21. The number of nitrogens with two attached hydrogens (primary N) is 1. The van der Waals surface area contributed by atoms with Gasteiger partial charge in [-0.25, -0.2) is 0 Å². The van der Waals surface area contributed by atoms with Crippen LogP contribution in [-0.4, -0.2) is 16.7 Å². The van der Waals surface area contributed by atoms with Gasteiger partial charge >= 0.3 is 0 Å². The Morgan fingerprint density at radius 2 is 2.05 bits per heavy atom. The zero-order valence-corrected chi connectivity index (χ0v) is 12.4. The summed E-state index contributed by atoms with van der Waals surface area (Å²) in [6, 6.07) is 0. The third-order valence-corrected chi connectivity index (χ3v) is 4.06. The van der Waals surface area contributed by atoms with Crippen LogP contribution in [0.2, 0.25) is 0 Å². The van der Waals surface area contributed by atoms with Gasteiger partial charge in [0.15, 0.2) is 0 Å². The lowest BCUT2D eigenvalue weighted by atomic mass is 9.78. The minimum Gasteiger partial charge on any atom is -0.368 e. The average Bonchev–Trinajstić information content (AvgIpc) is 2.84. The van der Waals surface area contributed by atoms with Crippen LogP contribution < -0.4 is 5.73 Å². The Morgan fingerprint density at radius 3 is 2.63 bits per heavy atom. The number of rotatable bonds is 4. The molecule has 0 bridgehead atoms. The van der Waals surface area contributed by atoms with E-state index in [0.29, 0.717) is 18.3 Å². The molecule has 1 aromatic rings. The number of ether oxygens (including phenoxy) is 1.